The molecule has 1 aromatic heterocycles. The normalized spacial score (nSPS) is 17.4. The van der Waals surface area contributed by atoms with E-state index in [2.05, 4.69) is 9.88 Å². The van der Waals surface area contributed by atoms with Crippen LogP contribution in [0.4, 0.5) is 0 Å². The minimum atomic E-state index is -3.55. The van der Waals surface area contributed by atoms with Crippen molar-refractivity contribution in [3.05, 3.63) is 15.4 Å². The number of likely N-dealkylation sites (tertiary alicyclic amines) is 1. The highest BCUT2D eigenvalue weighted by molar-refractivity contribution is 7.91. The Morgan fingerprint density at radius 1 is 1.37 bits per heavy atom. The Morgan fingerprint density at radius 2 is 2.00 bits per heavy atom. The monoisotopic (exact) mass is 305 g/mol. The molecule has 0 atom stereocenters. The van der Waals surface area contributed by atoms with Gasteiger partial charge in [0, 0.05) is 25.8 Å². The van der Waals surface area contributed by atoms with Crippen molar-refractivity contribution in [3.8, 4) is 0 Å². The fourth-order valence-electron chi connectivity index (χ4n) is 2.19. The minimum Gasteiger partial charge on any atom is -0.315 e. The second-order valence-electron chi connectivity index (χ2n) is 4.80. The first-order valence-corrected chi connectivity index (χ1v) is 8.55. The summed E-state index contributed by atoms with van der Waals surface area (Å²) < 4.78 is 26.1. The third kappa shape index (κ3) is 3.25. The Bertz CT molecular complexity index is 585. The van der Waals surface area contributed by atoms with Crippen LogP contribution in [-0.4, -0.2) is 55.8 Å². The molecule has 0 aromatic carbocycles. The number of hydrogen-bond donors (Lipinski definition) is 1. The van der Waals surface area contributed by atoms with E-state index >= 15 is 0 Å². The summed E-state index contributed by atoms with van der Waals surface area (Å²) in [6.07, 6.45) is 2.38. The highest BCUT2D eigenvalue weighted by Crippen LogP contribution is 2.20. The molecule has 0 spiro atoms. The third-order valence-corrected chi connectivity index (χ3v) is 6.79. The van der Waals surface area contributed by atoms with Crippen molar-refractivity contribution >= 4 is 21.4 Å². The lowest BCUT2D eigenvalue weighted by atomic mass is 10.4. The predicted molar refractivity (Wildman–Crippen MR) is 75.2 cm³/mol. The molecular weight excluding hydrogens is 286 g/mol. The van der Waals surface area contributed by atoms with Crippen LogP contribution in [0.3, 0.4) is 0 Å². The van der Waals surface area contributed by atoms with Gasteiger partial charge in [0.15, 0.2) is 4.21 Å². The number of aromatic nitrogens is 1. The Hall–Kier alpha value is -0.700. The van der Waals surface area contributed by atoms with Crippen molar-refractivity contribution in [1.29, 1.82) is 0 Å². The molecule has 0 bridgehead atoms. The number of nitrogens with one attached hydrogen (secondary N) is 1. The van der Waals surface area contributed by atoms with E-state index in [4.69, 9.17) is 0 Å². The van der Waals surface area contributed by atoms with Gasteiger partial charge >= 0.3 is 4.87 Å². The molecule has 0 radical (unpaired) electrons. The van der Waals surface area contributed by atoms with Crippen molar-refractivity contribution in [2.75, 3.05) is 33.2 Å². The van der Waals surface area contributed by atoms with Crippen LogP contribution in [0.5, 0.6) is 0 Å². The van der Waals surface area contributed by atoms with Gasteiger partial charge in [-0.1, -0.05) is 11.3 Å². The molecule has 1 N–H and O–H groups in total. The van der Waals surface area contributed by atoms with Crippen LogP contribution in [0, 0.1) is 6.92 Å². The summed E-state index contributed by atoms with van der Waals surface area (Å²) in [5, 5.41) is 0. The maximum Gasteiger partial charge on any atom is 0.305 e. The average Bonchev–Trinajstić information content (AvgIpc) is 2.95. The van der Waals surface area contributed by atoms with E-state index in [1.807, 2.05) is 0 Å². The van der Waals surface area contributed by atoms with Crippen molar-refractivity contribution in [1.82, 2.24) is 14.2 Å². The summed E-state index contributed by atoms with van der Waals surface area (Å²) >= 11 is 0.753. The summed E-state index contributed by atoms with van der Waals surface area (Å²) in [4.78, 5) is 15.7. The molecule has 8 heteroatoms. The zero-order valence-corrected chi connectivity index (χ0v) is 12.8. The Labute approximate surface area is 117 Å². The number of hydrogen-bond acceptors (Lipinski definition) is 5. The Balaban J connectivity index is 2.06. The number of rotatable bonds is 5. The van der Waals surface area contributed by atoms with Gasteiger partial charge in [0.25, 0.3) is 10.0 Å². The van der Waals surface area contributed by atoms with Gasteiger partial charge in [-0.05, 0) is 32.9 Å². The highest BCUT2D eigenvalue weighted by Gasteiger charge is 2.26. The lowest BCUT2D eigenvalue weighted by Crippen LogP contribution is -2.35. The maximum atomic E-state index is 12.3. The van der Waals surface area contributed by atoms with Crippen molar-refractivity contribution < 1.29 is 8.42 Å². The SMILES string of the molecule is Cc1[nH]c(=O)sc1S(=O)(=O)N(C)CCN1CCCC1. The van der Waals surface area contributed by atoms with Crippen LogP contribution in [0.25, 0.3) is 0 Å². The number of sulfonamides is 1. The van der Waals surface area contributed by atoms with E-state index in [0.717, 1.165) is 31.0 Å². The Morgan fingerprint density at radius 3 is 2.53 bits per heavy atom. The number of likely N-dealkylation sites (N-methyl/N-ethyl adjacent to an activating group) is 1. The van der Waals surface area contributed by atoms with Gasteiger partial charge < -0.3 is 9.88 Å². The van der Waals surface area contributed by atoms with Crippen LogP contribution in [0.2, 0.25) is 0 Å². The quantitative estimate of drug-likeness (QED) is 0.858. The van der Waals surface area contributed by atoms with Gasteiger partial charge in [-0.25, -0.2) is 8.42 Å². The summed E-state index contributed by atoms with van der Waals surface area (Å²) in [5.41, 5.74) is 0.419. The zero-order valence-electron chi connectivity index (χ0n) is 11.2. The Kier molecular flexibility index (Phi) is 4.44. The summed E-state index contributed by atoms with van der Waals surface area (Å²) in [6.45, 7) is 4.90. The largest absolute Gasteiger partial charge is 0.315 e. The van der Waals surface area contributed by atoms with Gasteiger partial charge in [-0.15, -0.1) is 0 Å². The van der Waals surface area contributed by atoms with E-state index in [0.29, 0.717) is 12.2 Å². The molecule has 0 amide bonds. The first-order chi connectivity index (χ1) is 8.91. The lowest BCUT2D eigenvalue weighted by molar-refractivity contribution is 0.310. The molecule has 1 saturated heterocycles. The molecule has 6 nitrogen and oxygen atoms in total. The van der Waals surface area contributed by atoms with E-state index in [-0.39, 0.29) is 9.08 Å². The van der Waals surface area contributed by atoms with Crippen molar-refractivity contribution in [3.63, 3.8) is 0 Å². The van der Waals surface area contributed by atoms with Crippen LogP contribution < -0.4 is 4.87 Å². The molecule has 0 aliphatic carbocycles. The molecule has 1 fully saturated rings. The number of aryl methyl sites for hydroxylation is 1. The molecule has 2 rings (SSSR count). The van der Waals surface area contributed by atoms with Gasteiger partial charge in [0.2, 0.25) is 0 Å². The molecule has 1 aromatic rings. The molecular formula is C11H19N3O3S2. The van der Waals surface area contributed by atoms with Crippen LogP contribution in [0.1, 0.15) is 18.5 Å². The number of H-pyrrole nitrogens is 1. The maximum absolute atomic E-state index is 12.3. The van der Waals surface area contributed by atoms with Crippen molar-refractivity contribution in [2.24, 2.45) is 0 Å². The highest BCUT2D eigenvalue weighted by atomic mass is 32.2. The third-order valence-electron chi connectivity index (χ3n) is 3.36. The fraction of sp³-hybridized carbons (Fsp3) is 0.727. The second kappa shape index (κ2) is 5.74. The van der Waals surface area contributed by atoms with E-state index in [9.17, 15) is 13.2 Å². The zero-order chi connectivity index (χ0) is 14.0. The molecule has 108 valence electrons. The molecule has 1 aliphatic rings. The molecule has 2 heterocycles. The summed E-state index contributed by atoms with van der Waals surface area (Å²) in [5.74, 6) is 0. The van der Waals surface area contributed by atoms with E-state index < -0.39 is 10.0 Å². The average molecular weight is 305 g/mol. The van der Waals surface area contributed by atoms with Crippen LogP contribution in [-0.2, 0) is 10.0 Å². The minimum absolute atomic E-state index is 0.126. The van der Waals surface area contributed by atoms with Gasteiger partial charge in [-0.3, -0.25) is 4.79 Å². The van der Waals surface area contributed by atoms with Gasteiger partial charge in [-0.2, -0.15) is 4.31 Å². The fourth-order valence-corrected chi connectivity index (χ4v) is 4.84. The van der Waals surface area contributed by atoms with Gasteiger partial charge in [0.1, 0.15) is 0 Å². The van der Waals surface area contributed by atoms with Gasteiger partial charge in [0.05, 0.1) is 0 Å². The standard InChI is InChI=1S/C11H19N3O3S2/c1-9-10(18-11(15)12-9)19(16,17)13(2)7-8-14-5-3-4-6-14/h3-8H2,1-2H3,(H,12,15). The number of aromatic amines is 1. The first kappa shape index (κ1) is 14.7. The molecule has 1 aliphatic heterocycles. The molecule has 0 unspecified atom stereocenters. The molecule has 19 heavy (non-hydrogen) atoms. The predicted octanol–water partition coefficient (Wildman–Crippen LogP) is 0.461. The number of thiazole rings is 1. The summed E-state index contributed by atoms with van der Waals surface area (Å²) in [7, 11) is -1.98. The lowest BCUT2D eigenvalue weighted by Gasteiger charge is -2.20. The van der Waals surface area contributed by atoms with E-state index in [1.165, 1.54) is 17.1 Å². The first-order valence-electron chi connectivity index (χ1n) is 6.29. The summed E-state index contributed by atoms with van der Waals surface area (Å²) in [6, 6.07) is 0. The number of nitrogens with zero attached hydrogens (tertiary/aromatic N) is 2. The topological polar surface area (TPSA) is 73.5 Å². The second-order valence-corrected chi connectivity index (χ2v) is 8.03. The van der Waals surface area contributed by atoms with E-state index in [1.54, 1.807) is 14.0 Å². The van der Waals surface area contributed by atoms with Crippen LogP contribution in [0.15, 0.2) is 9.00 Å². The van der Waals surface area contributed by atoms with Crippen LogP contribution >= 0.6 is 11.3 Å². The molecule has 0 saturated carbocycles. The smallest absolute Gasteiger partial charge is 0.305 e. The van der Waals surface area contributed by atoms with Crippen molar-refractivity contribution in [2.45, 2.75) is 24.0 Å².